The number of benzene rings is 1. The Morgan fingerprint density at radius 1 is 1.29 bits per heavy atom. The van der Waals surface area contributed by atoms with E-state index >= 15 is 0 Å². The molecular weight excluding hydrogens is 266 g/mol. The van der Waals surface area contributed by atoms with Crippen LogP contribution in [-0.4, -0.2) is 32.1 Å². The second-order valence-electron chi connectivity index (χ2n) is 4.65. The van der Waals surface area contributed by atoms with Crippen LogP contribution in [0.25, 0.3) is 0 Å². The number of furan rings is 1. The first-order valence-electron chi connectivity index (χ1n) is 6.80. The normalized spacial score (nSPS) is 11.3. The van der Waals surface area contributed by atoms with Crippen molar-refractivity contribution in [1.29, 1.82) is 0 Å². The van der Waals surface area contributed by atoms with Gasteiger partial charge in [-0.2, -0.15) is 0 Å². The van der Waals surface area contributed by atoms with Crippen LogP contribution in [0.5, 0.6) is 5.75 Å². The highest BCUT2D eigenvalue weighted by atomic mass is 16.5. The molecule has 1 N–H and O–H groups in total. The Morgan fingerprint density at radius 2 is 2.10 bits per heavy atom. The molecule has 0 amide bonds. The van der Waals surface area contributed by atoms with E-state index in [0.717, 1.165) is 23.0 Å². The lowest BCUT2D eigenvalue weighted by atomic mass is 10.2. The van der Waals surface area contributed by atoms with Crippen LogP contribution in [0.2, 0.25) is 0 Å². The Labute approximate surface area is 125 Å². The van der Waals surface area contributed by atoms with Gasteiger partial charge in [-0.3, -0.25) is 4.99 Å². The van der Waals surface area contributed by atoms with E-state index < -0.39 is 0 Å². The van der Waals surface area contributed by atoms with Crippen LogP contribution in [0.3, 0.4) is 0 Å². The van der Waals surface area contributed by atoms with Gasteiger partial charge in [0.25, 0.3) is 0 Å². The lowest BCUT2D eigenvalue weighted by Gasteiger charge is -2.22. The van der Waals surface area contributed by atoms with Crippen molar-refractivity contribution in [3.05, 3.63) is 54.0 Å². The molecule has 0 aliphatic rings. The molecule has 5 nitrogen and oxygen atoms in total. The van der Waals surface area contributed by atoms with Crippen molar-refractivity contribution in [1.82, 2.24) is 10.2 Å². The summed E-state index contributed by atoms with van der Waals surface area (Å²) >= 11 is 0. The molecule has 0 fully saturated rings. The summed E-state index contributed by atoms with van der Waals surface area (Å²) < 4.78 is 10.7. The molecule has 0 atom stereocenters. The zero-order chi connectivity index (χ0) is 15.1. The molecule has 112 valence electrons. The lowest BCUT2D eigenvalue weighted by Crippen LogP contribution is -2.38. The van der Waals surface area contributed by atoms with Crippen LogP contribution in [0.15, 0.2) is 52.1 Å². The quantitative estimate of drug-likeness (QED) is 0.678. The fraction of sp³-hybridized carbons (Fsp3) is 0.312. The smallest absolute Gasteiger partial charge is 0.194 e. The Hall–Kier alpha value is -2.43. The lowest BCUT2D eigenvalue weighted by molar-refractivity contribution is 0.395. The summed E-state index contributed by atoms with van der Waals surface area (Å²) in [5, 5.41) is 3.27. The molecule has 1 heterocycles. The van der Waals surface area contributed by atoms with Crippen molar-refractivity contribution in [3.8, 4) is 5.75 Å². The molecule has 1 aromatic carbocycles. The number of guanidine groups is 1. The third kappa shape index (κ3) is 4.02. The number of nitrogens with one attached hydrogen (secondary N) is 1. The molecule has 0 saturated heterocycles. The van der Waals surface area contributed by atoms with E-state index in [4.69, 9.17) is 9.15 Å². The predicted molar refractivity (Wildman–Crippen MR) is 83.4 cm³/mol. The molecule has 0 unspecified atom stereocenters. The van der Waals surface area contributed by atoms with E-state index in [9.17, 15) is 0 Å². The number of rotatable bonds is 5. The highest BCUT2D eigenvalue weighted by Crippen LogP contribution is 2.18. The molecule has 21 heavy (non-hydrogen) atoms. The van der Waals surface area contributed by atoms with Gasteiger partial charge in [0, 0.05) is 26.2 Å². The number of aliphatic imine (C=N–C) groups is 1. The van der Waals surface area contributed by atoms with E-state index in [2.05, 4.69) is 16.4 Å². The van der Waals surface area contributed by atoms with Crippen molar-refractivity contribution >= 4 is 5.96 Å². The molecule has 2 aromatic rings. The number of hydrogen-bond donors (Lipinski definition) is 1. The molecule has 0 aliphatic carbocycles. The summed E-state index contributed by atoms with van der Waals surface area (Å²) in [5.41, 5.74) is 1.11. The molecule has 0 spiro atoms. The van der Waals surface area contributed by atoms with Crippen LogP contribution in [0.4, 0.5) is 0 Å². The number of methoxy groups -OCH3 is 1. The molecule has 5 heteroatoms. The summed E-state index contributed by atoms with van der Waals surface area (Å²) in [4.78, 5) is 6.33. The molecule has 1 aromatic heterocycles. The summed E-state index contributed by atoms with van der Waals surface area (Å²) in [6, 6.07) is 11.8. The van der Waals surface area contributed by atoms with Gasteiger partial charge in [-0.05, 0) is 18.2 Å². The maximum Gasteiger partial charge on any atom is 0.194 e. The Balaban J connectivity index is 1.98. The second kappa shape index (κ2) is 7.38. The van der Waals surface area contributed by atoms with Crippen molar-refractivity contribution < 1.29 is 9.15 Å². The van der Waals surface area contributed by atoms with Gasteiger partial charge in [0.2, 0.25) is 0 Å². The van der Waals surface area contributed by atoms with Crippen LogP contribution < -0.4 is 10.1 Å². The van der Waals surface area contributed by atoms with E-state index in [1.54, 1.807) is 20.4 Å². The summed E-state index contributed by atoms with van der Waals surface area (Å²) in [5.74, 6) is 2.56. The zero-order valence-electron chi connectivity index (χ0n) is 12.7. The summed E-state index contributed by atoms with van der Waals surface area (Å²) in [6.45, 7) is 1.32. The van der Waals surface area contributed by atoms with Crippen molar-refractivity contribution in [3.63, 3.8) is 0 Å². The fourth-order valence-corrected chi connectivity index (χ4v) is 2.13. The van der Waals surface area contributed by atoms with Crippen molar-refractivity contribution in [2.75, 3.05) is 21.2 Å². The van der Waals surface area contributed by atoms with Gasteiger partial charge in [-0.15, -0.1) is 0 Å². The monoisotopic (exact) mass is 287 g/mol. The number of para-hydroxylation sites is 1. The van der Waals surface area contributed by atoms with Gasteiger partial charge >= 0.3 is 0 Å². The molecule has 0 bridgehead atoms. The highest BCUT2D eigenvalue weighted by Gasteiger charge is 2.10. The first-order chi connectivity index (χ1) is 10.2. The maximum absolute atomic E-state index is 5.38. The minimum absolute atomic E-state index is 0.607. The average molecular weight is 287 g/mol. The standard InChI is InChI=1S/C16H21N3O2/c1-17-16(18-11-14-8-6-10-21-14)19(2)12-13-7-4-5-9-15(13)20-3/h4-10H,11-12H2,1-3H3,(H,17,18). The Bertz CT molecular complexity index is 579. The van der Waals surface area contributed by atoms with Crippen LogP contribution in [0, 0.1) is 0 Å². The van der Waals surface area contributed by atoms with E-state index in [0.29, 0.717) is 13.1 Å². The Kier molecular flexibility index (Phi) is 5.26. The molecular formula is C16H21N3O2. The second-order valence-corrected chi connectivity index (χ2v) is 4.65. The van der Waals surface area contributed by atoms with Gasteiger partial charge in [0.15, 0.2) is 5.96 Å². The minimum Gasteiger partial charge on any atom is -0.496 e. The highest BCUT2D eigenvalue weighted by molar-refractivity contribution is 5.79. The van der Waals surface area contributed by atoms with E-state index in [-0.39, 0.29) is 0 Å². The first-order valence-corrected chi connectivity index (χ1v) is 6.80. The minimum atomic E-state index is 0.607. The van der Waals surface area contributed by atoms with E-state index in [1.165, 1.54) is 0 Å². The SMILES string of the molecule is CN=C(NCc1ccco1)N(C)Cc1ccccc1OC. The summed E-state index contributed by atoms with van der Waals surface area (Å²) in [7, 11) is 5.44. The third-order valence-electron chi connectivity index (χ3n) is 3.17. The average Bonchev–Trinajstić information content (AvgIpc) is 3.02. The maximum atomic E-state index is 5.38. The molecule has 0 radical (unpaired) electrons. The number of nitrogens with zero attached hydrogens (tertiary/aromatic N) is 2. The molecule has 0 aliphatic heterocycles. The Morgan fingerprint density at radius 3 is 2.76 bits per heavy atom. The van der Waals surface area contributed by atoms with Crippen molar-refractivity contribution in [2.24, 2.45) is 4.99 Å². The number of hydrogen-bond acceptors (Lipinski definition) is 3. The largest absolute Gasteiger partial charge is 0.496 e. The first kappa shape index (κ1) is 15.0. The topological polar surface area (TPSA) is 50.0 Å². The predicted octanol–water partition coefficient (Wildman–Crippen LogP) is 2.50. The zero-order valence-corrected chi connectivity index (χ0v) is 12.7. The van der Waals surface area contributed by atoms with Crippen molar-refractivity contribution in [2.45, 2.75) is 13.1 Å². The van der Waals surface area contributed by atoms with Crippen LogP contribution in [0.1, 0.15) is 11.3 Å². The summed E-state index contributed by atoms with van der Waals surface area (Å²) in [6.07, 6.45) is 1.67. The van der Waals surface area contributed by atoms with Crippen LogP contribution in [-0.2, 0) is 13.1 Å². The van der Waals surface area contributed by atoms with E-state index in [1.807, 2.05) is 42.3 Å². The fourth-order valence-electron chi connectivity index (χ4n) is 2.13. The molecule has 0 saturated carbocycles. The van der Waals surface area contributed by atoms with Gasteiger partial charge in [0.05, 0.1) is 19.9 Å². The van der Waals surface area contributed by atoms with Gasteiger partial charge < -0.3 is 19.4 Å². The van der Waals surface area contributed by atoms with Crippen LogP contribution >= 0.6 is 0 Å². The number of ether oxygens (including phenoxy) is 1. The van der Waals surface area contributed by atoms with Gasteiger partial charge in [-0.25, -0.2) is 0 Å². The van der Waals surface area contributed by atoms with Gasteiger partial charge in [-0.1, -0.05) is 18.2 Å². The third-order valence-corrected chi connectivity index (χ3v) is 3.17. The molecule has 2 rings (SSSR count). The van der Waals surface area contributed by atoms with Gasteiger partial charge in [0.1, 0.15) is 11.5 Å².